The molecule has 26 heavy (non-hydrogen) atoms. The number of nitrogens with two attached hydrogens (primary N) is 2. The molecule has 0 spiro atoms. The van der Waals surface area contributed by atoms with Crippen LogP contribution in [0.1, 0.15) is 44.1 Å². The summed E-state index contributed by atoms with van der Waals surface area (Å²) in [6.45, 7) is 0.922. The molecule has 2 unspecified atom stereocenters. The number of rotatable bonds is 6. The SMILES string of the molecule is Cl.NC(=O)CCN(Cc1ccccc1)C(=O)C1CC2CCCC(C1)C2N. The van der Waals surface area contributed by atoms with Gasteiger partial charge in [0.15, 0.2) is 0 Å². The number of carbonyl (C=O) groups is 2. The minimum Gasteiger partial charge on any atom is -0.370 e. The van der Waals surface area contributed by atoms with E-state index in [9.17, 15) is 9.59 Å². The van der Waals surface area contributed by atoms with E-state index in [1.807, 2.05) is 35.2 Å². The number of nitrogens with zero attached hydrogens (tertiary/aromatic N) is 1. The van der Waals surface area contributed by atoms with Crippen LogP contribution < -0.4 is 11.5 Å². The van der Waals surface area contributed by atoms with Gasteiger partial charge in [-0.05, 0) is 43.1 Å². The first-order valence-electron chi connectivity index (χ1n) is 9.41. The van der Waals surface area contributed by atoms with Crippen molar-refractivity contribution in [3.8, 4) is 0 Å². The quantitative estimate of drug-likeness (QED) is 0.795. The number of benzene rings is 1. The molecule has 0 aliphatic heterocycles. The second-order valence-corrected chi connectivity index (χ2v) is 7.66. The van der Waals surface area contributed by atoms with E-state index in [1.54, 1.807) is 0 Å². The maximum absolute atomic E-state index is 13.2. The Morgan fingerprint density at radius 3 is 2.27 bits per heavy atom. The standard InChI is InChI=1S/C20H29N3O2.ClH/c21-18(24)9-10-23(13-14-5-2-1-3-6-14)20(25)17-11-15-7-4-8-16(12-17)19(15)22;/h1-3,5-6,15-17,19H,4,7-13,22H2,(H2,21,24);1H. The lowest BCUT2D eigenvalue weighted by molar-refractivity contribution is -0.139. The monoisotopic (exact) mass is 379 g/mol. The fraction of sp³-hybridized carbons (Fsp3) is 0.600. The number of amides is 2. The summed E-state index contributed by atoms with van der Waals surface area (Å²) in [5, 5.41) is 0. The van der Waals surface area contributed by atoms with Crippen LogP contribution in [0, 0.1) is 17.8 Å². The van der Waals surface area contributed by atoms with E-state index >= 15 is 0 Å². The Kier molecular flexibility index (Phi) is 7.47. The molecular weight excluding hydrogens is 350 g/mol. The molecule has 5 nitrogen and oxygen atoms in total. The van der Waals surface area contributed by atoms with E-state index in [2.05, 4.69) is 0 Å². The van der Waals surface area contributed by atoms with E-state index in [0.717, 1.165) is 31.2 Å². The molecule has 2 fully saturated rings. The number of fused-ring (bicyclic) bond motifs is 2. The van der Waals surface area contributed by atoms with E-state index in [4.69, 9.17) is 11.5 Å². The zero-order valence-electron chi connectivity index (χ0n) is 15.2. The molecule has 2 aliphatic rings. The van der Waals surface area contributed by atoms with Crippen LogP contribution in [-0.4, -0.2) is 29.3 Å². The Morgan fingerprint density at radius 1 is 1.08 bits per heavy atom. The predicted octanol–water partition coefficient (Wildman–Crippen LogP) is 2.47. The number of primary amides is 1. The third kappa shape index (κ3) is 4.98. The van der Waals surface area contributed by atoms with Crippen LogP contribution in [0.2, 0.25) is 0 Å². The third-order valence-electron chi connectivity index (χ3n) is 5.92. The van der Waals surface area contributed by atoms with Crippen molar-refractivity contribution in [2.75, 3.05) is 6.54 Å². The molecule has 0 aromatic heterocycles. The van der Waals surface area contributed by atoms with Gasteiger partial charge in [0.1, 0.15) is 0 Å². The second-order valence-electron chi connectivity index (χ2n) is 7.66. The number of halogens is 1. The molecule has 144 valence electrons. The van der Waals surface area contributed by atoms with Crippen LogP contribution in [-0.2, 0) is 16.1 Å². The zero-order valence-corrected chi connectivity index (χ0v) is 16.0. The molecule has 2 atom stereocenters. The molecule has 2 saturated carbocycles. The van der Waals surface area contributed by atoms with Gasteiger partial charge < -0.3 is 16.4 Å². The highest BCUT2D eigenvalue weighted by Crippen LogP contribution is 2.42. The molecule has 0 heterocycles. The molecule has 4 N–H and O–H groups in total. The van der Waals surface area contributed by atoms with Crippen molar-refractivity contribution in [1.29, 1.82) is 0 Å². The Morgan fingerprint density at radius 2 is 1.69 bits per heavy atom. The summed E-state index contributed by atoms with van der Waals surface area (Å²) in [7, 11) is 0. The zero-order chi connectivity index (χ0) is 17.8. The van der Waals surface area contributed by atoms with Crippen LogP contribution in [0.4, 0.5) is 0 Å². The molecule has 2 bridgehead atoms. The lowest BCUT2D eigenvalue weighted by Crippen LogP contribution is -2.49. The van der Waals surface area contributed by atoms with Gasteiger partial charge in [0.2, 0.25) is 11.8 Å². The van der Waals surface area contributed by atoms with Crippen molar-refractivity contribution < 1.29 is 9.59 Å². The predicted molar refractivity (Wildman–Crippen MR) is 104 cm³/mol. The highest BCUT2D eigenvalue weighted by molar-refractivity contribution is 5.85. The lowest BCUT2D eigenvalue weighted by atomic mass is 9.65. The normalized spacial score (nSPS) is 27.3. The van der Waals surface area contributed by atoms with Crippen LogP contribution in [0.25, 0.3) is 0 Å². The van der Waals surface area contributed by atoms with Crippen molar-refractivity contribution >= 4 is 24.2 Å². The number of hydrogen-bond donors (Lipinski definition) is 2. The third-order valence-corrected chi connectivity index (χ3v) is 5.92. The Labute approximate surface area is 161 Å². The van der Waals surface area contributed by atoms with Crippen molar-refractivity contribution in [3.05, 3.63) is 35.9 Å². The van der Waals surface area contributed by atoms with Gasteiger partial charge in [-0.15, -0.1) is 12.4 Å². The van der Waals surface area contributed by atoms with Crippen molar-refractivity contribution in [3.63, 3.8) is 0 Å². The molecule has 2 amide bonds. The first kappa shape index (κ1) is 20.7. The first-order valence-corrected chi connectivity index (χ1v) is 9.41. The van der Waals surface area contributed by atoms with Crippen LogP contribution in [0.3, 0.4) is 0 Å². The second kappa shape index (κ2) is 9.38. The molecule has 3 rings (SSSR count). The minimum atomic E-state index is -0.367. The minimum absolute atomic E-state index is 0. The molecule has 0 saturated heterocycles. The van der Waals surface area contributed by atoms with E-state index in [1.165, 1.54) is 6.42 Å². The average Bonchev–Trinajstić information content (AvgIpc) is 2.58. The fourth-order valence-corrected chi connectivity index (χ4v) is 4.57. The Hall–Kier alpha value is -1.59. The first-order chi connectivity index (χ1) is 12.0. The van der Waals surface area contributed by atoms with Gasteiger partial charge >= 0.3 is 0 Å². The maximum atomic E-state index is 13.2. The summed E-state index contributed by atoms with van der Waals surface area (Å²) in [4.78, 5) is 26.2. The highest BCUT2D eigenvalue weighted by atomic mass is 35.5. The van der Waals surface area contributed by atoms with Gasteiger partial charge in [-0.1, -0.05) is 36.8 Å². The maximum Gasteiger partial charge on any atom is 0.226 e. The van der Waals surface area contributed by atoms with Crippen LogP contribution in [0.15, 0.2) is 30.3 Å². The van der Waals surface area contributed by atoms with E-state index in [-0.39, 0.29) is 42.6 Å². The van der Waals surface area contributed by atoms with Gasteiger partial charge in [-0.25, -0.2) is 0 Å². The smallest absolute Gasteiger partial charge is 0.226 e. The van der Waals surface area contributed by atoms with Gasteiger partial charge in [-0.2, -0.15) is 0 Å². The summed E-state index contributed by atoms with van der Waals surface area (Å²) >= 11 is 0. The van der Waals surface area contributed by atoms with Crippen molar-refractivity contribution in [2.45, 2.75) is 51.1 Å². The molecule has 2 aliphatic carbocycles. The number of carbonyl (C=O) groups excluding carboxylic acids is 2. The average molecular weight is 380 g/mol. The van der Waals surface area contributed by atoms with Crippen LogP contribution >= 0.6 is 12.4 Å². The largest absolute Gasteiger partial charge is 0.370 e. The summed E-state index contributed by atoms with van der Waals surface area (Å²) in [6, 6.07) is 10.2. The lowest BCUT2D eigenvalue weighted by Gasteiger charge is -2.44. The Balaban J connectivity index is 0.00000243. The topological polar surface area (TPSA) is 89.4 Å². The summed E-state index contributed by atoms with van der Waals surface area (Å²) in [6.07, 6.45) is 5.50. The number of hydrogen-bond acceptors (Lipinski definition) is 3. The molecular formula is C20H30ClN3O2. The van der Waals surface area contributed by atoms with Gasteiger partial charge in [-0.3, -0.25) is 9.59 Å². The van der Waals surface area contributed by atoms with Gasteiger partial charge in [0.25, 0.3) is 0 Å². The highest BCUT2D eigenvalue weighted by Gasteiger charge is 2.41. The van der Waals surface area contributed by atoms with E-state index in [0.29, 0.717) is 24.9 Å². The molecule has 1 aromatic carbocycles. The fourth-order valence-electron chi connectivity index (χ4n) is 4.57. The molecule has 6 heteroatoms. The van der Waals surface area contributed by atoms with Crippen molar-refractivity contribution in [1.82, 2.24) is 4.90 Å². The van der Waals surface area contributed by atoms with Gasteiger partial charge in [0, 0.05) is 31.5 Å². The molecule has 1 aromatic rings. The summed E-state index contributed by atoms with van der Waals surface area (Å²) < 4.78 is 0. The van der Waals surface area contributed by atoms with Crippen LogP contribution in [0.5, 0.6) is 0 Å². The van der Waals surface area contributed by atoms with Gasteiger partial charge in [0.05, 0.1) is 0 Å². The summed E-state index contributed by atoms with van der Waals surface area (Å²) in [5.41, 5.74) is 12.7. The molecule has 0 radical (unpaired) electrons. The summed E-state index contributed by atoms with van der Waals surface area (Å²) in [5.74, 6) is 0.765. The Bertz CT molecular complexity index is 596. The van der Waals surface area contributed by atoms with Crippen molar-refractivity contribution in [2.24, 2.45) is 29.2 Å². The van der Waals surface area contributed by atoms with E-state index < -0.39 is 0 Å².